The monoisotopic (exact) mass is 372 g/mol. The summed E-state index contributed by atoms with van der Waals surface area (Å²) >= 11 is 0. The van der Waals surface area contributed by atoms with E-state index in [0.29, 0.717) is 19.6 Å². The van der Waals surface area contributed by atoms with E-state index in [0.717, 1.165) is 51.7 Å². The molecule has 0 spiro atoms. The van der Waals surface area contributed by atoms with Gasteiger partial charge in [-0.2, -0.15) is 0 Å². The molecular weight excluding hydrogens is 340 g/mol. The Balaban J connectivity index is 1.54. The van der Waals surface area contributed by atoms with E-state index in [-0.39, 0.29) is 23.8 Å². The molecule has 3 rings (SSSR count). The molecule has 1 aliphatic heterocycles. The van der Waals surface area contributed by atoms with Crippen LogP contribution in [-0.2, 0) is 20.9 Å². The number of hydrogen-bond donors (Lipinski definition) is 0. The minimum absolute atomic E-state index is 0.176. The van der Waals surface area contributed by atoms with Crippen LogP contribution in [0.1, 0.15) is 51.0 Å². The van der Waals surface area contributed by atoms with Crippen LogP contribution in [0.25, 0.3) is 0 Å². The van der Waals surface area contributed by atoms with E-state index >= 15 is 0 Å². The van der Waals surface area contributed by atoms with E-state index in [9.17, 15) is 9.59 Å². The number of likely N-dealkylation sites (tertiary alicyclic amines) is 1. The van der Waals surface area contributed by atoms with Crippen LogP contribution in [-0.4, -0.2) is 54.0 Å². The number of nitrogens with zero attached hydrogens (tertiary/aromatic N) is 2. The van der Waals surface area contributed by atoms with E-state index in [1.807, 2.05) is 17.9 Å². The molecule has 1 saturated heterocycles. The van der Waals surface area contributed by atoms with Gasteiger partial charge in [-0.05, 0) is 38.2 Å². The molecule has 0 bridgehead atoms. The third-order valence-corrected chi connectivity index (χ3v) is 5.85. The molecule has 1 amide bonds. The Hall–Kier alpha value is -1.88. The van der Waals surface area contributed by atoms with Crippen molar-refractivity contribution in [3.8, 4) is 0 Å². The first kappa shape index (κ1) is 19.9. The van der Waals surface area contributed by atoms with Gasteiger partial charge >= 0.3 is 5.97 Å². The van der Waals surface area contributed by atoms with Crippen molar-refractivity contribution in [1.82, 2.24) is 9.80 Å². The van der Waals surface area contributed by atoms with Crippen molar-refractivity contribution in [2.24, 2.45) is 5.92 Å². The van der Waals surface area contributed by atoms with Gasteiger partial charge in [-0.15, -0.1) is 0 Å². The van der Waals surface area contributed by atoms with E-state index < -0.39 is 0 Å². The van der Waals surface area contributed by atoms with Gasteiger partial charge in [0.15, 0.2) is 0 Å². The normalized spacial score (nSPS) is 18.7. The quantitative estimate of drug-likeness (QED) is 0.658. The summed E-state index contributed by atoms with van der Waals surface area (Å²) in [5.41, 5.74) is 1.33. The van der Waals surface area contributed by atoms with Crippen LogP contribution >= 0.6 is 0 Å². The zero-order valence-corrected chi connectivity index (χ0v) is 16.4. The SMILES string of the molecule is CCOC(=O)CCN(C(=O)C1CCC1)C1CCN(Cc2ccccc2)CC1. The van der Waals surface area contributed by atoms with Crippen molar-refractivity contribution in [3.05, 3.63) is 35.9 Å². The highest BCUT2D eigenvalue weighted by Gasteiger charge is 2.34. The summed E-state index contributed by atoms with van der Waals surface area (Å²) in [5.74, 6) is 0.229. The predicted molar refractivity (Wildman–Crippen MR) is 105 cm³/mol. The summed E-state index contributed by atoms with van der Waals surface area (Å²) < 4.78 is 5.06. The third kappa shape index (κ3) is 5.55. The Kier molecular flexibility index (Phi) is 7.27. The highest BCUT2D eigenvalue weighted by molar-refractivity contribution is 5.80. The Morgan fingerprint density at radius 1 is 1.11 bits per heavy atom. The lowest BCUT2D eigenvalue weighted by atomic mass is 9.83. The van der Waals surface area contributed by atoms with Crippen LogP contribution in [0.5, 0.6) is 0 Å². The van der Waals surface area contributed by atoms with E-state index in [1.54, 1.807) is 0 Å². The molecule has 1 saturated carbocycles. The summed E-state index contributed by atoms with van der Waals surface area (Å²) in [7, 11) is 0. The second kappa shape index (κ2) is 9.88. The Morgan fingerprint density at radius 2 is 1.81 bits per heavy atom. The van der Waals surface area contributed by atoms with Crippen LogP contribution in [0.15, 0.2) is 30.3 Å². The molecule has 2 aliphatic rings. The Labute approximate surface area is 162 Å². The van der Waals surface area contributed by atoms with Crippen LogP contribution in [0.3, 0.4) is 0 Å². The van der Waals surface area contributed by atoms with Crippen LogP contribution in [0.2, 0.25) is 0 Å². The second-order valence-corrected chi connectivity index (χ2v) is 7.71. The number of piperidine rings is 1. The molecule has 0 N–H and O–H groups in total. The van der Waals surface area contributed by atoms with Gasteiger partial charge in [0.05, 0.1) is 13.0 Å². The van der Waals surface area contributed by atoms with E-state index in [1.165, 1.54) is 5.56 Å². The summed E-state index contributed by atoms with van der Waals surface area (Å²) in [4.78, 5) is 29.2. The summed E-state index contributed by atoms with van der Waals surface area (Å²) in [6.45, 7) is 5.66. The fourth-order valence-electron chi connectivity index (χ4n) is 4.04. The van der Waals surface area contributed by atoms with Gasteiger partial charge in [-0.25, -0.2) is 0 Å². The maximum Gasteiger partial charge on any atom is 0.307 e. The molecule has 1 aliphatic carbocycles. The molecule has 0 aromatic heterocycles. The lowest BCUT2D eigenvalue weighted by Crippen LogP contribution is -2.50. The smallest absolute Gasteiger partial charge is 0.307 e. The number of carbonyl (C=O) groups excluding carboxylic acids is 2. The number of esters is 1. The summed E-state index contributed by atoms with van der Waals surface area (Å²) in [5, 5.41) is 0. The van der Waals surface area contributed by atoms with Gasteiger partial charge in [0, 0.05) is 38.1 Å². The molecule has 1 heterocycles. The van der Waals surface area contributed by atoms with Gasteiger partial charge in [0.25, 0.3) is 0 Å². The third-order valence-electron chi connectivity index (χ3n) is 5.85. The molecule has 0 radical (unpaired) electrons. The van der Waals surface area contributed by atoms with Gasteiger partial charge in [-0.3, -0.25) is 14.5 Å². The van der Waals surface area contributed by atoms with Crippen LogP contribution in [0.4, 0.5) is 0 Å². The molecule has 0 atom stereocenters. The Morgan fingerprint density at radius 3 is 2.41 bits per heavy atom. The first-order valence-electron chi connectivity index (χ1n) is 10.4. The van der Waals surface area contributed by atoms with Crippen molar-refractivity contribution in [3.63, 3.8) is 0 Å². The average molecular weight is 373 g/mol. The van der Waals surface area contributed by atoms with Gasteiger partial charge < -0.3 is 9.64 Å². The molecule has 5 nitrogen and oxygen atoms in total. The van der Waals surface area contributed by atoms with Gasteiger partial charge in [0.2, 0.25) is 5.91 Å². The fraction of sp³-hybridized carbons (Fsp3) is 0.636. The first-order valence-corrected chi connectivity index (χ1v) is 10.4. The molecule has 0 unspecified atom stereocenters. The second-order valence-electron chi connectivity index (χ2n) is 7.71. The molecule has 1 aromatic carbocycles. The molecule has 5 heteroatoms. The van der Waals surface area contributed by atoms with Crippen molar-refractivity contribution in [2.75, 3.05) is 26.2 Å². The van der Waals surface area contributed by atoms with Crippen molar-refractivity contribution in [2.45, 2.75) is 58.0 Å². The predicted octanol–water partition coefficient (Wildman–Crippen LogP) is 3.23. The minimum atomic E-state index is -0.203. The van der Waals surface area contributed by atoms with Crippen molar-refractivity contribution < 1.29 is 14.3 Å². The number of rotatable bonds is 8. The summed E-state index contributed by atoms with van der Waals surface area (Å²) in [6, 6.07) is 10.8. The number of ether oxygens (including phenoxy) is 1. The van der Waals surface area contributed by atoms with Crippen molar-refractivity contribution in [1.29, 1.82) is 0 Å². The lowest BCUT2D eigenvalue weighted by Gasteiger charge is -2.41. The van der Waals surface area contributed by atoms with Crippen LogP contribution < -0.4 is 0 Å². The van der Waals surface area contributed by atoms with Crippen LogP contribution in [0, 0.1) is 5.92 Å². The standard InChI is InChI=1S/C22H32N2O3/c1-2-27-21(25)13-16-24(22(26)19-9-6-10-19)20-11-14-23(15-12-20)17-18-7-4-3-5-8-18/h3-5,7-8,19-20H,2,6,9-17H2,1H3. The van der Waals surface area contributed by atoms with Gasteiger partial charge in [0.1, 0.15) is 0 Å². The van der Waals surface area contributed by atoms with Crippen molar-refractivity contribution >= 4 is 11.9 Å². The molecule has 148 valence electrons. The highest BCUT2D eigenvalue weighted by Crippen LogP contribution is 2.30. The summed E-state index contributed by atoms with van der Waals surface area (Å²) in [6.07, 6.45) is 5.42. The highest BCUT2D eigenvalue weighted by atomic mass is 16.5. The zero-order valence-electron chi connectivity index (χ0n) is 16.4. The molecule has 2 fully saturated rings. The molecule has 27 heavy (non-hydrogen) atoms. The fourth-order valence-corrected chi connectivity index (χ4v) is 4.04. The maximum atomic E-state index is 12.9. The first-order chi connectivity index (χ1) is 13.2. The molecule has 1 aromatic rings. The molecular formula is C22H32N2O3. The van der Waals surface area contributed by atoms with E-state index in [4.69, 9.17) is 4.74 Å². The number of amides is 1. The average Bonchev–Trinajstić information content (AvgIpc) is 2.63. The maximum absolute atomic E-state index is 12.9. The lowest BCUT2D eigenvalue weighted by molar-refractivity contribution is -0.146. The zero-order chi connectivity index (χ0) is 19.1. The van der Waals surface area contributed by atoms with Gasteiger partial charge in [-0.1, -0.05) is 36.8 Å². The number of benzene rings is 1. The topological polar surface area (TPSA) is 49.9 Å². The number of carbonyl (C=O) groups is 2. The number of hydrogen-bond acceptors (Lipinski definition) is 4. The Bertz CT molecular complexity index is 607. The van der Waals surface area contributed by atoms with E-state index in [2.05, 4.69) is 29.2 Å². The largest absolute Gasteiger partial charge is 0.466 e. The minimum Gasteiger partial charge on any atom is -0.466 e.